The normalized spacial score (nSPS) is 24.2. The van der Waals surface area contributed by atoms with Crippen LogP contribution in [0.2, 0.25) is 0 Å². The zero-order chi connectivity index (χ0) is 13.6. The summed E-state index contributed by atoms with van der Waals surface area (Å²) in [6.45, 7) is 7.08. The van der Waals surface area contributed by atoms with Gasteiger partial charge in [-0.3, -0.25) is 4.79 Å². The summed E-state index contributed by atoms with van der Waals surface area (Å²) in [5.41, 5.74) is -0.269. The number of carbonyl (C=O) groups excluding carboxylic acids is 1. The van der Waals surface area contributed by atoms with Crippen LogP contribution in [-0.4, -0.2) is 47.9 Å². The Morgan fingerprint density at radius 1 is 1.50 bits per heavy atom. The molecule has 0 aliphatic carbocycles. The van der Waals surface area contributed by atoms with Gasteiger partial charge in [0.15, 0.2) is 0 Å². The standard InChI is InChI=1S/C13H25NO3S/c1-12(2,3)8-11(16)14-9-13(17-6-5-15)4-7-18-10-13/h15H,4-10H2,1-3H3,(H,14,16). The second-order valence-corrected chi connectivity index (χ2v) is 7.18. The van der Waals surface area contributed by atoms with Crippen LogP contribution in [0.4, 0.5) is 0 Å². The van der Waals surface area contributed by atoms with Crippen molar-refractivity contribution in [2.75, 3.05) is 31.3 Å². The third-order valence-corrected chi connectivity index (χ3v) is 4.09. The van der Waals surface area contributed by atoms with Gasteiger partial charge in [-0.05, 0) is 17.6 Å². The van der Waals surface area contributed by atoms with Crippen LogP contribution >= 0.6 is 11.8 Å². The predicted molar refractivity (Wildman–Crippen MR) is 74.8 cm³/mol. The van der Waals surface area contributed by atoms with Gasteiger partial charge in [-0.25, -0.2) is 0 Å². The molecule has 1 aliphatic heterocycles. The zero-order valence-corrected chi connectivity index (χ0v) is 12.4. The van der Waals surface area contributed by atoms with Gasteiger partial charge in [0.2, 0.25) is 5.91 Å². The van der Waals surface area contributed by atoms with E-state index >= 15 is 0 Å². The van der Waals surface area contributed by atoms with Gasteiger partial charge in [-0.1, -0.05) is 20.8 Å². The summed E-state index contributed by atoms with van der Waals surface area (Å²) in [5.74, 6) is 2.02. The van der Waals surface area contributed by atoms with Crippen LogP contribution in [0.5, 0.6) is 0 Å². The number of nitrogens with one attached hydrogen (secondary N) is 1. The van der Waals surface area contributed by atoms with E-state index in [0.29, 0.717) is 19.6 Å². The van der Waals surface area contributed by atoms with Crippen molar-refractivity contribution < 1.29 is 14.6 Å². The lowest BCUT2D eigenvalue weighted by Crippen LogP contribution is -2.46. The number of rotatable bonds is 6. The van der Waals surface area contributed by atoms with Crippen molar-refractivity contribution in [1.29, 1.82) is 0 Å². The average Bonchev–Trinajstić information content (AvgIpc) is 2.71. The number of ether oxygens (including phenoxy) is 1. The summed E-state index contributed by atoms with van der Waals surface area (Å²) in [4.78, 5) is 11.8. The van der Waals surface area contributed by atoms with Crippen molar-refractivity contribution in [2.45, 2.75) is 39.2 Å². The molecule has 1 atom stereocenters. The van der Waals surface area contributed by atoms with Crippen LogP contribution in [0.3, 0.4) is 0 Å². The first-order valence-corrected chi connectivity index (χ1v) is 7.62. The lowest BCUT2D eigenvalue weighted by atomic mass is 9.92. The molecule has 18 heavy (non-hydrogen) atoms. The van der Waals surface area contributed by atoms with Crippen molar-refractivity contribution in [3.8, 4) is 0 Å². The van der Waals surface area contributed by atoms with Crippen LogP contribution in [0.1, 0.15) is 33.6 Å². The van der Waals surface area contributed by atoms with Crippen LogP contribution < -0.4 is 5.32 Å². The van der Waals surface area contributed by atoms with Crippen LogP contribution in [-0.2, 0) is 9.53 Å². The molecule has 0 spiro atoms. The minimum Gasteiger partial charge on any atom is -0.394 e. The fourth-order valence-electron chi connectivity index (χ4n) is 1.96. The van der Waals surface area contributed by atoms with Gasteiger partial charge in [0, 0.05) is 18.7 Å². The molecule has 1 aliphatic rings. The predicted octanol–water partition coefficient (Wildman–Crippen LogP) is 1.42. The minimum atomic E-state index is -0.277. The van der Waals surface area contributed by atoms with Gasteiger partial charge >= 0.3 is 0 Å². The Morgan fingerprint density at radius 3 is 2.72 bits per heavy atom. The van der Waals surface area contributed by atoms with Crippen molar-refractivity contribution in [3.63, 3.8) is 0 Å². The molecule has 0 bridgehead atoms. The molecular formula is C13H25NO3S. The van der Waals surface area contributed by atoms with Gasteiger partial charge in [-0.2, -0.15) is 11.8 Å². The van der Waals surface area contributed by atoms with Gasteiger partial charge in [0.1, 0.15) is 0 Å². The molecule has 0 aromatic carbocycles. The van der Waals surface area contributed by atoms with Crippen molar-refractivity contribution in [3.05, 3.63) is 0 Å². The Balaban J connectivity index is 2.40. The smallest absolute Gasteiger partial charge is 0.220 e. The molecular weight excluding hydrogens is 250 g/mol. The van der Waals surface area contributed by atoms with Gasteiger partial charge in [-0.15, -0.1) is 0 Å². The van der Waals surface area contributed by atoms with Crippen LogP contribution in [0.15, 0.2) is 0 Å². The highest BCUT2D eigenvalue weighted by molar-refractivity contribution is 7.99. The lowest BCUT2D eigenvalue weighted by molar-refractivity contribution is -0.124. The number of aliphatic hydroxyl groups is 1. The maximum Gasteiger partial charge on any atom is 0.220 e. The third kappa shape index (κ3) is 5.59. The van der Waals surface area contributed by atoms with Crippen molar-refractivity contribution in [1.82, 2.24) is 5.32 Å². The largest absolute Gasteiger partial charge is 0.394 e. The lowest BCUT2D eigenvalue weighted by Gasteiger charge is -2.29. The highest BCUT2D eigenvalue weighted by Gasteiger charge is 2.35. The number of thioether (sulfide) groups is 1. The van der Waals surface area contributed by atoms with Gasteiger partial charge in [0.05, 0.1) is 18.8 Å². The Bertz CT molecular complexity index is 270. The molecule has 1 saturated heterocycles. The molecule has 0 aromatic heterocycles. The fourth-order valence-corrected chi connectivity index (χ4v) is 3.32. The molecule has 0 aromatic rings. The number of aliphatic hydroxyl groups excluding tert-OH is 1. The Kier molecular flexibility index (Phi) is 5.95. The van der Waals surface area contributed by atoms with Crippen LogP contribution in [0, 0.1) is 5.41 Å². The van der Waals surface area contributed by atoms with Crippen molar-refractivity contribution in [2.24, 2.45) is 5.41 Å². The minimum absolute atomic E-state index is 0.00757. The molecule has 1 unspecified atom stereocenters. The summed E-state index contributed by atoms with van der Waals surface area (Å²) in [6, 6.07) is 0. The first kappa shape index (κ1) is 15.8. The molecule has 2 N–H and O–H groups in total. The molecule has 1 fully saturated rings. The van der Waals surface area contributed by atoms with Gasteiger partial charge in [0.25, 0.3) is 0 Å². The second-order valence-electron chi connectivity index (χ2n) is 6.07. The topological polar surface area (TPSA) is 58.6 Å². The number of amides is 1. The molecule has 4 nitrogen and oxygen atoms in total. The Morgan fingerprint density at radius 2 is 2.22 bits per heavy atom. The van der Waals surface area contributed by atoms with E-state index in [4.69, 9.17) is 9.84 Å². The molecule has 1 amide bonds. The monoisotopic (exact) mass is 275 g/mol. The van der Waals surface area contributed by atoms with E-state index in [2.05, 4.69) is 26.1 Å². The molecule has 106 valence electrons. The number of hydrogen-bond acceptors (Lipinski definition) is 4. The first-order chi connectivity index (χ1) is 8.37. The van der Waals surface area contributed by atoms with E-state index in [9.17, 15) is 4.79 Å². The van der Waals surface area contributed by atoms with Crippen molar-refractivity contribution >= 4 is 17.7 Å². The maximum absolute atomic E-state index is 11.8. The molecule has 0 saturated carbocycles. The highest BCUT2D eigenvalue weighted by atomic mass is 32.2. The van der Waals surface area contributed by atoms with Crippen LogP contribution in [0.25, 0.3) is 0 Å². The van der Waals surface area contributed by atoms with Gasteiger partial charge < -0.3 is 15.2 Å². The van der Waals surface area contributed by atoms with E-state index < -0.39 is 0 Å². The quantitative estimate of drug-likeness (QED) is 0.770. The average molecular weight is 275 g/mol. The summed E-state index contributed by atoms with van der Waals surface area (Å²) in [5, 5.41) is 11.8. The molecule has 5 heteroatoms. The number of hydrogen-bond donors (Lipinski definition) is 2. The molecule has 1 rings (SSSR count). The van der Waals surface area contributed by atoms with E-state index in [1.165, 1.54) is 0 Å². The first-order valence-electron chi connectivity index (χ1n) is 6.46. The number of carbonyl (C=O) groups is 1. The summed E-state index contributed by atoms with van der Waals surface area (Å²) in [6.07, 6.45) is 1.46. The van der Waals surface area contributed by atoms with E-state index in [-0.39, 0.29) is 23.5 Å². The third-order valence-electron chi connectivity index (χ3n) is 2.87. The Labute approximate surface area is 114 Å². The zero-order valence-electron chi connectivity index (χ0n) is 11.6. The van der Waals surface area contributed by atoms with E-state index in [0.717, 1.165) is 17.9 Å². The summed E-state index contributed by atoms with van der Waals surface area (Å²) < 4.78 is 5.73. The summed E-state index contributed by atoms with van der Waals surface area (Å²) >= 11 is 1.84. The van der Waals surface area contributed by atoms with E-state index in [1.54, 1.807) is 0 Å². The maximum atomic E-state index is 11.8. The molecule has 1 heterocycles. The fraction of sp³-hybridized carbons (Fsp3) is 0.923. The second kappa shape index (κ2) is 6.78. The molecule has 0 radical (unpaired) electrons. The summed E-state index contributed by atoms with van der Waals surface area (Å²) in [7, 11) is 0. The van der Waals surface area contributed by atoms with E-state index in [1.807, 2.05) is 11.8 Å². The Hall–Kier alpha value is -0.260. The SMILES string of the molecule is CC(C)(C)CC(=O)NCC1(OCCO)CCSC1. The highest BCUT2D eigenvalue weighted by Crippen LogP contribution is 2.31.